The average molecular weight is 254 g/mol. The first-order valence-corrected chi connectivity index (χ1v) is 6.60. The van der Waals surface area contributed by atoms with Crippen LogP contribution >= 0.6 is 0 Å². The molecule has 5 heteroatoms. The van der Waals surface area contributed by atoms with Gasteiger partial charge < -0.3 is 4.18 Å². The van der Waals surface area contributed by atoms with Crippen LogP contribution in [0.2, 0.25) is 0 Å². The molecule has 1 rings (SSSR count). The first kappa shape index (κ1) is 13.4. The second-order valence-corrected chi connectivity index (χ2v) is 4.98. The van der Waals surface area contributed by atoms with Crippen molar-refractivity contribution in [3.05, 3.63) is 36.4 Å². The van der Waals surface area contributed by atoms with Crippen LogP contribution in [0.1, 0.15) is 25.3 Å². The molecule has 4 nitrogen and oxygen atoms in total. The normalized spacial score (nSPS) is 10.9. The molecule has 1 aromatic rings. The molecule has 0 heterocycles. The van der Waals surface area contributed by atoms with E-state index >= 15 is 0 Å². The van der Waals surface area contributed by atoms with E-state index in [1.807, 2.05) is 0 Å². The summed E-state index contributed by atoms with van der Waals surface area (Å²) in [5.41, 5.74) is 0.795. The Morgan fingerprint density at radius 2 is 1.94 bits per heavy atom. The van der Waals surface area contributed by atoms with Gasteiger partial charge in [-0.05, 0) is 24.1 Å². The van der Waals surface area contributed by atoms with Crippen molar-refractivity contribution in [3.8, 4) is 0 Å². The van der Waals surface area contributed by atoms with Crippen LogP contribution in [0.4, 0.5) is 0 Å². The smallest absolute Gasteiger partial charge is 0.341 e. The minimum absolute atomic E-state index is 0.0347. The quantitative estimate of drug-likeness (QED) is 0.757. The largest absolute Gasteiger partial charge is 0.342 e. The van der Waals surface area contributed by atoms with Gasteiger partial charge in [-0.1, -0.05) is 31.7 Å². The van der Waals surface area contributed by atoms with Gasteiger partial charge in [0.15, 0.2) is 0 Å². The monoisotopic (exact) mass is 254 g/mol. The highest BCUT2D eigenvalue weighted by Crippen LogP contribution is 2.14. The molecule has 0 bridgehead atoms. The summed E-state index contributed by atoms with van der Waals surface area (Å²) in [6.45, 7) is 5.33. The highest BCUT2D eigenvalue weighted by Gasteiger charge is 2.19. The van der Waals surface area contributed by atoms with E-state index in [1.54, 1.807) is 25.1 Å². The van der Waals surface area contributed by atoms with Gasteiger partial charge in [-0.2, -0.15) is 8.42 Å². The summed E-state index contributed by atoms with van der Waals surface area (Å²) >= 11 is 0. The van der Waals surface area contributed by atoms with Crippen LogP contribution in [0.3, 0.4) is 0 Å². The Bertz CT molecular complexity index is 500. The highest BCUT2D eigenvalue weighted by atomic mass is 32.2. The summed E-state index contributed by atoms with van der Waals surface area (Å²) < 4.78 is 27.7. The molecular formula is C12H14O4S. The lowest BCUT2D eigenvalue weighted by molar-refractivity contribution is -0.133. The number of hydrogen-bond donors (Lipinski definition) is 0. The zero-order chi connectivity index (χ0) is 12.9. The Hall–Kier alpha value is -1.62. The molecule has 1 aromatic carbocycles. The van der Waals surface area contributed by atoms with E-state index in [4.69, 9.17) is 0 Å². The molecule has 0 fully saturated rings. The Kier molecular flexibility index (Phi) is 4.45. The van der Waals surface area contributed by atoms with Crippen molar-refractivity contribution in [3.63, 3.8) is 0 Å². The van der Waals surface area contributed by atoms with Crippen molar-refractivity contribution in [1.29, 1.82) is 0 Å². The second kappa shape index (κ2) is 5.63. The van der Waals surface area contributed by atoms with Crippen LogP contribution < -0.4 is 0 Å². The molecule has 0 spiro atoms. The molecule has 0 aliphatic rings. The summed E-state index contributed by atoms with van der Waals surface area (Å²) in [5.74, 6) is -0.736. The SMILES string of the molecule is C=Cc1ccc(S(=O)(=O)OC(=O)CCC)cc1. The van der Waals surface area contributed by atoms with Crippen LogP contribution in [-0.4, -0.2) is 14.4 Å². The Morgan fingerprint density at radius 1 is 1.35 bits per heavy atom. The average Bonchev–Trinajstić information content (AvgIpc) is 2.28. The van der Waals surface area contributed by atoms with Crippen LogP contribution in [0.5, 0.6) is 0 Å². The lowest BCUT2D eigenvalue weighted by Gasteiger charge is -2.05. The maximum absolute atomic E-state index is 11.6. The number of hydrogen-bond acceptors (Lipinski definition) is 4. The number of benzene rings is 1. The maximum atomic E-state index is 11.6. The van der Waals surface area contributed by atoms with Crippen molar-refractivity contribution < 1.29 is 17.4 Å². The minimum Gasteiger partial charge on any atom is -0.342 e. The molecule has 0 aromatic heterocycles. The molecule has 17 heavy (non-hydrogen) atoms. The van der Waals surface area contributed by atoms with Crippen molar-refractivity contribution in [2.45, 2.75) is 24.7 Å². The highest BCUT2D eigenvalue weighted by molar-refractivity contribution is 7.87. The van der Waals surface area contributed by atoms with Gasteiger partial charge in [0.25, 0.3) is 0 Å². The zero-order valence-electron chi connectivity index (χ0n) is 9.55. The molecule has 0 unspecified atom stereocenters. The lowest BCUT2D eigenvalue weighted by atomic mass is 10.2. The molecule has 0 saturated carbocycles. The van der Waals surface area contributed by atoms with Gasteiger partial charge in [0.1, 0.15) is 4.90 Å². The van der Waals surface area contributed by atoms with Crippen LogP contribution in [0, 0.1) is 0 Å². The van der Waals surface area contributed by atoms with Gasteiger partial charge in [-0.25, -0.2) is 0 Å². The maximum Gasteiger partial charge on any atom is 0.341 e. The third-order valence-electron chi connectivity index (χ3n) is 2.06. The summed E-state index contributed by atoms with van der Waals surface area (Å²) in [5, 5.41) is 0. The topological polar surface area (TPSA) is 60.4 Å². The Labute approximate surface area is 101 Å². The number of carbonyl (C=O) groups excluding carboxylic acids is 1. The Morgan fingerprint density at radius 3 is 2.41 bits per heavy atom. The fourth-order valence-electron chi connectivity index (χ4n) is 1.19. The molecule has 0 N–H and O–H groups in total. The Balaban J connectivity index is 2.89. The third kappa shape index (κ3) is 3.71. The van der Waals surface area contributed by atoms with E-state index < -0.39 is 16.1 Å². The molecule has 0 radical (unpaired) electrons. The van der Waals surface area contributed by atoms with Gasteiger partial charge in [0.2, 0.25) is 0 Å². The van der Waals surface area contributed by atoms with Crippen LogP contribution in [0.15, 0.2) is 35.7 Å². The van der Waals surface area contributed by atoms with E-state index in [9.17, 15) is 13.2 Å². The second-order valence-electron chi connectivity index (χ2n) is 3.43. The van der Waals surface area contributed by atoms with Gasteiger partial charge in [0, 0.05) is 6.42 Å². The van der Waals surface area contributed by atoms with E-state index in [-0.39, 0.29) is 11.3 Å². The third-order valence-corrected chi connectivity index (χ3v) is 3.32. The van der Waals surface area contributed by atoms with E-state index in [2.05, 4.69) is 10.8 Å². The number of carbonyl (C=O) groups is 1. The molecular weight excluding hydrogens is 240 g/mol. The van der Waals surface area contributed by atoms with E-state index in [0.717, 1.165) is 5.56 Å². The standard InChI is InChI=1S/C12H14O4S/c1-3-5-12(13)16-17(14,15)11-8-6-10(4-2)7-9-11/h4,6-9H,2-3,5H2,1H3. The summed E-state index contributed by atoms with van der Waals surface area (Å²) in [7, 11) is -3.99. The molecule has 0 atom stereocenters. The van der Waals surface area contributed by atoms with Gasteiger partial charge >= 0.3 is 16.1 Å². The molecule has 0 amide bonds. The van der Waals surface area contributed by atoms with E-state index in [0.29, 0.717) is 6.42 Å². The van der Waals surface area contributed by atoms with E-state index in [1.165, 1.54) is 12.1 Å². The van der Waals surface area contributed by atoms with Crippen LogP contribution in [0.25, 0.3) is 6.08 Å². The van der Waals surface area contributed by atoms with Gasteiger partial charge in [0.05, 0.1) is 0 Å². The summed E-state index contributed by atoms with van der Waals surface area (Å²) in [6, 6.07) is 5.94. The zero-order valence-corrected chi connectivity index (χ0v) is 10.4. The first-order chi connectivity index (χ1) is 7.99. The summed E-state index contributed by atoms with van der Waals surface area (Å²) in [6.07, 6.45) is 2.23. The van der Waals surface area contributed by atoms with Crippen molar-refractivity contribution in [2.24, 2.45) is 0 Å². The van der Waals surface area contributed by atoms with Crippen LogP contribution in [-0.2, 0) is 19.1 Å². The van der Waals surface area contributed by atoms with Gasteiger partial charge in [-0.15, -0.1) is 0 Å². The fourth-order valence-corrected chi connectivity index (χ4v) is 2.08. The van der Waals surface area contributed by atoms with Crippen molar-refractivity contribution >= 4 is 22.2 Å². The minimum atomic E-state index is -3.99. The molecule has 0 aliphatic heterocycles. The van der Waals surface area contributed by atoms with Crippen molar-refractivity contribution in [2.75, 3.05) is 0 Å². The predicted octanol–water partition coefficient (Wildman–Crippen LogP) is 2.36. The molecule has 0 aliphatic carbocycles. The molecule has 0 saturated heterocycles. The van der Waals surface area contributed by atoms with Crippen molar-refractivity contribution in [1.82, 2.24) is 0 Å². The predicted molar refractivity (Wildman–Crippen MR) is 64.7 cm³/mol. The molecule has 92 valence electrons. The summed E-state index contributed by atoms with van der Waals surface area (Å²) in [4.78, 5) is 11.1. The number of rotatable bonds is 5. The van der Waals surface area contributed by atoms with Gasteiger partial charge in [-0.3, -0.25) is 4.79 Å². The first-order valence-electron chi connectivity index (χ1n) is 5.19. The lowest BCUT2D eigenvalue weighted by Crippen LogP contribution is -2.12. The fraction of sp³-hybridized carbons (Fsp3) is 0.250.